The second kappa shape index (κ2) is 8.83. The molecule has 0 aliphatic carbocycles. The molecule has 3 aromatic carbocycles. The second-order valence-corrected chi connectivity index (χ2v) is 8.78. The Hall–Kier alpha value is -4.05. The predicted octanol–water partition coefficient (Wildman–Crippen LogP) is 5.05. The van der Waals surface area contributed by atoms with E-state index in [0.717, 1.165) is 3.97 Å². The Labute approximate surface area is 190 Å². The first-order valence-corrected chi connectivity index (χ1v) is 11.2. The quantitative estimate of drug-likeness (QED) is 0.361. The van der Waals surface area contributed by atoms with E-state index in [1.807, 2.05) is 0 Å². The normalized spacial score (nSPS) is 11.2. The van der Waals surface area contributed by atoms with Crippen LogP contribution in [0.15, 0.2) is 76.9 Å². The molecule has 9 nitrogen and oxygen atoms in total. The molecule has 0 radical (unpaired) electrons. The highest BCUT2D eigenvalue weighted by Crippen LogP contribution is 2.38. The smallest absolute Gasteiger partial charge is 0.268 e. The molecule has 4 rings (SSSR count). The summed E-state index contributed by atoms with van der Waals surface area (Å²) in [5, 5.41) is 6.79. The maximum Gasteiger partial charge on any atom is 0.268 e. The number of fused-ring (bicyclic) bond motifs is 1. The van der Waals surface area contributed by atoms with Crippen LogP contribution in [0.2, 0.25) is 0 Å². The molecule has 0 aliphatic rings. The van der Waals surface area contributed by atoms with Gasteiger partial charge in [-0.05, 0) is 59.8 Å². The third kappa shape index (κ3) is 3.96. The number of aromatic nitrogens is 1. The average molecular weight is 468 g/mol. The Kier molecular flexibility index (Phi) is 5.93. The summed E-state index contributed by atoms with van der Waals surface area (Å²) < 4.78 is 43.5. The Balaban J connectivity index is 1.84. The van der Waals surface area contributed by atoms with Crippen LogP contribution in [0, 0.1) is 4.91 Å². The molecule has 1 aromatic heterocycles. The molecule has 170 valence electrons. The number of ether oxygens (including phenoxy) is 3. The van der Waals surface area contributed by atoms with Gasteiger partial charge in [0.2, 0.25) is 0 Å². The first kappa shape index (κ1) is 22.2. The lowest BCUT2D eigenvalue weighted by Crippen LogP contribution is -2.12. The lowest BCUT2D eigenvalue weighted by atomic mass is 10.1. The standard InChI is InChI=1S/C23H21N3O6S/c1-30-15-4-7-17(8-5-15)33(28,29)26-13-12-18-19(10-11-21(25-27)23(18)26)24-20-9-6-16(31-2)14-22(20)32-3/h4-14,24H,1-3H3. The number of nitrogens with one attached hydrogen (secondary N) is 1. The molecular weight excluding hydrogens is 446 g/mol. The fraction of sp³-hybridized carbons (Fsp3) is 0.130. The number of hydrogen-bond donors (Lipinski definition) is 1. The van der Waals surface area contributed by atoms with Gasteiger partial charge >= 0.3 is 0 Å². The Morgan fingerprint density at radius 2 is 1.48 bits per heavy atom. The van der Waals surface area contributed by atoms with Gasteiger partial charge in [-0.15, -0.1) is 4.91 Å². The maximum absolute atomic E-state index is 13.3. The van der Waals surface area contributed by atoms with Crippen molar-refractivity contribution in [1.29, 1.82) is 0 Å². The topological polar surface area (TPSA) is 108 Å². The van der Waals surface area contributed by atoms with Crippen molar-refractivity contribution in [2.24, 2.45) is 5.18 Å². The van der Waals surface area contributed by atoms with Gasteiger partial charge in [-0.3, -0.25) is 0 Å². The minimum Gasteiger partial charge on any atom is -0.497 e. The number of anilines is 2. The minimum atomic E-state index is -4.00. The van der Waals surface area contributed by atoms with Gasteiger partial charge < -0.3 is 19.5 Å². The van der Waals surface area contributed by atoms with E-state index in [4.69, 9.17) is 14.2 Å². The fourth-order valence-corrected chi connectivity index (χ4v) is 4.87. The first-order chi connectivity index (χ1) is 15.9. The van der Waals surface area contributed by atoms with Gasteiger partial charge in [0.15, 0.2) is 0 Å². The van der Waals surface area contributed by atoms with Crippen LogP contribution in [0.5, 0.6) is 17.2 Å². The van der Waals surface area contributed by atoms with E-state index in [2.05, 4.69) is 10.5 Å². The molecule has 0 fully saturated rings. The monoisotopic (exact) mass is 467 g/mol. The van der Waals surface area contributed by atoms with Crippen LogP contribution in [0.3, 0.4) is 0 Å². The molecule has 0 bridgehead atoms. The van der Waals surface area contributed by atoms with Crippen LogP contribution in [-0.4, -0.2) is 33.7 Å². The third-order valence-electron chi connectivity index (χ3n) is 5.19. The van der Waals surface area contributed by atoms with Crippen LogP contribution in [0.1, 0.15) is 0 Å². The SMILES string of the molecule is COc1ccc(S(=O)(=O)n2ccc3c(Nc4ccc(OC)cc4OC)ccc(N=O)c32)cc1. The van der Waals surface area contributed by atoms with E-state index >= 15 is 0 Å². The van der Waals surface area contributed by atoms with Crippen molar-refractivity contribution in [2.45, 2.75) is 4.90 Å². The molecule has 0 amide bonds. The van der Waals surface area contributed by atoms with Gasteiger partial charge in [0.25, 0.3) is 10.0 Å². The summed E-state index contributed by atoms with van der Waals surface area (Å²) in [6.45, 7) is 0. The molecule has 1 N–H and O–H groups in total. The fourth-order valence-electron chi connectivity index (χ4n) is 3.50. The van der Waals surface area contributed by atoms with E-state index in [1.54, 1.807) is 49.6 Å². The van der Waals surface area contributed by atoms with Gasteiger partial charge in [0, 0.05) is 23.3 Å². The summed E-state index contributed by atoms with van der Waals surface area (Å²) in [6, 6.07) is 16.0. The Morgan fingerprint density at radius 3 is 2.12 bits per heavy atom. The van der Waals surface area contributed by atoms with Crippen molar-refractivity contribution in [1.82, 2.24) is 3.97 Å². The first-order valence-electron chi connectivity index (χ1n) is 9.79. The van der Waals surface area contributed by atoms with Crippen LogP contribution in [0.25, 0.3) is 10.9 Å². The average Bonchev–Trinajstić information content (AvgIpc) is 3.31. The highest BCUT2D eigenvalue weighted by atomic mass is 32.2. The molecule has 33 heavy (non-hydrogen) atoms. The molecule has 10 heteroatoms. The van der Waals surface area contributed by atoms with Gasteiger partial charge in [0.05, 0.1) is 37.4 Å². The molecule has 1 heterocycles. The summed E-state index contributed by atoms with van der Waals surface area (Å²) in [5.74, 6) is 1.69. The number of nitrogens with zero attached hydrogens (tertiary/aromatic N) is 2. The van der Waals surface area contributed by atoms with Gasteiger partial charge in [-0.2, -0.15) is 0 Å². The van der Waals surface area contributed by atoms with E-state index < -0.39 is 10.0 Å². The number of benzene rings is 3. The van der Waals surface area contributed by atoms with E-state index in [1.165, 1.54) is 38.6 Å². The molecule has 0 aliphatic heterocycles. The lowest BCUT2D eigenvalue weighted by molar-refractivity contribution is 0.395. The van der Waals surface area contributed by atoms with Crippen LogP contribution in [0.4, 0.5) is 17.1 Å². The van der Waals surface area contributed by atoms with Crippen LogP contribution >= 0.6 is 0 Å². The summed E-state index contributed by atoms with van der Waals surface area (Å²) in [6.07, 6.45) is 1.40. The highest BCUT2D eigenvalue weighted by molar-refractivity contribution is 7.90. The predicted molar refractivity (Wildman–Crippen MR) is 126 cm³/mol. The van der Waals surface area contributed by atoms with Crippen molar-refractivity contribution in [3.63, 3.8) is 0 Å². The molecule has 0 saturated heterocycles. The second-order valence-electron chi connectivity index (χ2n) is 6.97. The van der Waals surface area contributed by atoms with Crippen LogP contribution in [-0.2, 0) is 10.0 Å². The van der Waals surface area contributed by atoms with Crippen molar-refractivity contribution < 1.29 is 22.6 Å². The van der Waals surface area contributed by atoms with Gasteiger partial charge in [-0.1, -0.05) is 0 Å². The molecule has 0 unspecified atom stereocenters. The molecule has 0 saturated carbocycles. The maximum atomic E-state index is 13.3. The van der Waals surface area contributed by atoms with Crippen molar-refractivity contribution >= 4 is 38.0 Å². The highest BCUT2D eigenvalue weighted by Gasteiger charge is 2.23. The van der Waals surface area contributed by atoms with Gasteiger partial charge in [0.1, 0.15) is 22.9 Å². The molecule has 4 aromatic rings. The molecule has 0 atom stereocenters. The summed E-state index contributed by atoms with van der Waals surface area (Å²) in [4.78, 5) is 11.6. The zero-order chi connectivity index (χ0) is 23.6. The van der Waals surface area contributed by atoms with E-state index in [0.29, 0.717) is 34.0 Å². The summed E-state index contributed by atoms with van der Waals surface area (Å²) >= 11 is 0. The summed E-state index contributed by atoms with van der Waals surface area (Å²) in [5.41, 5.74) is 1.37. The number of nitroso groups, excluding NO2 is 1. The number of hydrogen-bond acceptors (Lipinski definition) is 8. The van der Waals surface area contributed by atoms with E-state index in [-0.39, 0.29) is 16.1 Å². The third-order valence-corrected chi connectivity index (χ3v) is 6.88. The minimum absolute atomic E-state index is 0.000618. The molecule has 0 spiro atoms. The summed E-state index contributed by atoms with van der Waals surface area (Å²) in [7, 11) is 0.592. The van der Waals surface area contributed by atoms with E-state index in [9.17, 15) is 13.3 Å². The zero-order valence-electron chi connectivity index (χ0n) is 18.1. The van der Waals surface area contributed by atoms with Crippen molar-refractivity contribution in [3.05, 3.63) is 71.8 Å². The van der Waals surface area contributed by atoms with Crippen molar-refractivity contribution in [3.8, 4) is 17.2 Å². The van der Waals surface area contributed by atoms with Crippen molar-refractivity contribution in [2.75, 3.05) is 26.6 Å². The van der Waals surface area contributed by atoms with Crippen LogP contribution < -0.4 is 19.5 Å². The lowest BCUT2D eigenvalue weighted by Gasteiger charge is -2.14. The van der Waals surface area contributed by atoms with Gasteiger partial charge in [-0.25, -0.2) is 12.4 Å². The Bertz CT molecular complexity index is 1430. The molecular formula is C23H21N3O6S. The largest absolute Gasteiger partial charge is 0.497 e. The number of methoxy groups -OCH3 is 3. The zero-order valence-corrected chi connectivity index (χ0v) is 18.9. The Morgan fingerprint density at radius 1 is 0.818 bits per heavy atom. The number of rotatable bonds is 8.